The Morgan fingerprint density at radius 2 is 2.06 bits per heavy atom. The molecule has 2 N–H and O–H groups in total. The third-order valence-electron chi connectivity index (χ3n) is 2.84. The lowest BCUT2D eigenvalue weighted by Gasteiger charge is -2.04. The van der Waals surface area contributed by atoms with E-state index in [1.807, 2.05) is 4.57 Å². The van der Waals surface area contributed by atoms with Crippen molar-refractivity contribution in [1.82, 2.24) is 9.55 Å². The summed E-state index contributed by atoms with van der Waals surface area (Å²) in [6.07, 6.45) is 2.10. The molecule has 0 spiro atoms. The molecular weight excluding hydrogens is 202 g/mol. The number of carbonyl (C=O) groups is 1. The van der Waals surface area contributed by atoms with E-state index < -0.39 is 0 Å². The zero-order valence-corrected chi connectivity index (χ0v) is 9.53. The van der Waals surface area contributed by atoms with Crippen LogP contribution in [0.3, 0.4) is 0 Å². The van der Waals surface area contributed by atoms with Crippen molar-refractivity contribution in [2.24, 2.45) is 5.73 Å². The second kappa shape index (κ2) is 3.96. The number of fused-ring (bicyclic) bond motifs is 1. The Morgan fingerprint density at radius 1 is 1.38 bits per heavy atom. The van der Waals surface area contributed by atoms with E-state index in [1.165, 1.54) is 11.1 Å². The van der Waals surface area contributed by atoms with Gasteiger partial charge in [-0.15, -0.1) is 0 Å². The Hall–Kier alpha value is -1.84. The maximum atomic E-state index is 10.7. The fraction of sp³-hybridized carbons (Fsp3) is 0.333. The van der Waals surface area contributed by atoms with Gasteiger partial charge in [0.05, 0.1) is 17.4 Å². The van der Waals surface area contributed by atoms with Crippen LogP contribution in [0.5, 0.6) is 0 Å². The van der Waals surface area contributed by atoms with Crippen molar-refractivity contribution in [3.8, 4) is 0 Å². The van der Waals surface area contributed by atoms with E-state index in [4.69, 9.17) is 5.73 Å². The van der Waals surface area contributed by atoms with Crippen LogP contribution in [0.15, 0.2) is 18.5 Å². The van der Waals surface area contributed by atoms with Crippen LogP contribution < -0.4 is 5.73 Å². The summed E-state index contributed by atoms with van der Waals surface area (Å²) in [6.45, 7) is 4.73. The molecular formula is C12H15N3O. The maximum Gasteiger partial charge on any atom is 0.219 e. The third kappa shape index (κ3) is 1.91. The second-order valence-corrected chi connectivity index (χ2v) is 4.08. The highest BCUT2D eigenvalue weighted by Crippen LogP contribution is 2.18. The largest absolute Gasteiger partial charge is 0.370 e. The molecule has 2 rings (SSSR count). The molecule has 1 heterocycles. The number of primary amides is 1. The van der Waals surface area contributed by atoms with Crippen LogP contribution in [0.4, 0.5) is 0 Å². The van der Waals surface area contributed by atoms with Crippen molar-refractivity contribution in [2.45, 2.75) is 26.8 Å². The van der Waals surface area contributed by atoms with Gasteiger partial charge in [-0.2, -0.15) is 0 Å². The third-order valence-corrected chi connectivity index (χ3v) is 2.84. The monoisotopic (exact) mass is 217 g/mol. The zero-order valence-electron chi connectivity index (χ0n) is 9.53. The number of amides is 1. The smallest absolute Gasteiger partial charge is 0.219 e. The summed E-state index contributed by atoms with van der Waals surface area (Å²) in [5.74, 6) is -0.286. The van der Waals surface area contributed by atoms with Gasteiger partial charge in [-0.3, -0.25) is 4.79 Å². The fourth-order valence-electron chi connectivity index (χ4n) is 1.72. The summed E-state index contributed by atoms with van der Waals surface area (Å²) in [5.41, 5.74) is 9.62. The topological polar surface area (TPSA) is 60.9 Å². The van der Waals surface area contributed by atoms with E-state index in [1.54, 1.807) is 6.33 Å². The Morgan fingerprint density at radius 3 is 2.75 bits per heavy atom. The SMILES string of the molecule is Cc1cc2ncn(CCC(N)=O)c2cc1C. The summed E-state index contributed by atoms with van der Waals surface area (Å²) in [4.78, 5) is 15.0. The maximum absolute atomic E-state index is 10.7. The molecule has 0 aliphatic heterocycles. The van der Waals surface area contributed by atoms with E-state index in [0.717, 1.165) is 11.0 Å². The highest BCUT2D eigenvalue weighted by molar-refractivity contribution is 5.78. The van der Waals surface area contributed by atoms with Crippen LogP contribution >= 0.6 is 0 Å². The fourth-order valence-corrected chi connectivity index (χ4v) is 1.72. The predicted molar refractivity (Wildman–Crippen MR) is 63.0 cm³/mol. The minimum absolute atomic E-state index is 0.286. The molecule has 1 aromatic heterocycles. The average molecular weight is 217 g/mol. The van der Waals surface area contributed by atoms with E-state index >= 15 is 0 Å². The van der Waals surface area contributed by atoms with Gasteiger partial charge < -0.3 is 10.3 Å². The van der Waals surface area contributed by atoms with E-state index in [-0.39, 0.29) is 5.91 Å². The van der Waals surface area contributed by atoms with Gasteiger partial charge in [-0.05, 0) is 37.1 Å². The molecule has 0 unspecified atom stereocenters. The number of nitrogens with zero attached hydrogens (tertiary/aromatic N) is 2. The number of hydrogen-bond donors (Lipinski definition) is 1. The number of rotatable bonds is 3. The first-order valence-corrected chi connectivity index (χ1v) is 5.28. The molecule has 16 heavy (non-hydrogen) atoms. The molecule has 0 atom stereocenters. The molecule has 0 saturated carbocycles. The minimum Gasteiger partial charge on any atom is -0.370 e. The van der Waals surface area contributed by atoms with Crippen LogP contribution in [0.2, 0.25) is 0 Å². The van der Waals surface area contributed by atoms with E-state index in [0.29, 0.717) is 13.0 Å². The average Bonchev–Trinajstić information content (AvgIpc) is 2.58. The number of benzene rings is 1. The number of carbonyl (C=O) groups excluding carboxylic acids is 1. The summed E-state index contributed by atoms with van der Waals surface area (Å²) in [7, 11) is 0. The summed E-state index contributed by atoms with van der Waals surface area (Å²) >= 11 is 0. The van der Waals surface area contributed by atoms with Gasteiger partial charge in [0.2, 0.25) is 5.91 Å². The molecule has 4 nitrogen and oxygen atoms in total. The molecule has 84 valence electrons. The molecule has 0 aliphatic rings. The summed E-state index contributed by atoms with van der Waals surface area (Å²) in [6, 6.07) is 4.16. The molecule has 0 aliphatic carbocycles. The van der Waals surface area contributed by atoms with Crippen molar-refractivity contribution >= 4 is 16.9 Å². The van der Waals surface area contributed by atoms with Crippen molar-refractivity contribution in [3.05, 3.63) is 29.6 Å². The Labute approximate surface area is 94.1 Å². The van der Waals surface area contributed by atoms with Gasteiger partial charge in [0, 0.05) is 13.0 Å². The van der Waals surface area contributed by atoms with Gasteiger partial charge in [0.15, 0.2) is 0 Å². The van der Waals surface area contributed by atoms with Gasteiger partial charge in [0.25, 0.3) is 0 Å². The number of imidazole rings is 1. The van der Waals surface area contributed by atoms with E-state index in [9.17, 15) is 4.79 Å². The van der Waals surface area contributed by atoms with Crippen LogP contribution in [0, 0.1) is 13.8 Å². The Bertz CT molecular complexity index is 542. The normalized spacial score (nSPS) is 10.9. The first-order chi connectivity index (χ1) is 7.58. The molecule has 1 aromatic carbocycles. The minimum atomic E-state index is -0.286. The molecule has 1 amide bonds. The number of aromatic nitrogens is 2. The highest BCUT2D eigenvalue weighted by Gasteiger charge is 2.05. The molecule has 4 heteroatoms. The molecule has 0 radical (unpaired) electrons. The second-order valence-electron chi connectivity index (χ2n) is 4.08. The van der Waals surface area contributed by atoms with Crippen LogP contribution in [-0.4, -0.2) is 15.5 Å². The van der Waals surface area contributed by atoms with Crippen LogP contribution in [0.25, 0.3) is 11.0 Å². The molecule has 0 bridgehead atoms. The predicted octanol–water partition coefficient (Wildman–Crippen LogP) is 1.53. The van der Waals surface area contributed by atoms with Crippen LogP contribution in [0.1, 0.15) is 17.5 Å². The van der Waals surface area contributed by atoms with E-state index in [2.05, 4.69) is 31.0 Å². The molecule has 2 aromatic rings. The lowest BCUT2D eigenvalue weighted by atomic mass is 10.1. The lowest BCUT2D eigenvalue weighted by Crippen LogP contribution is -2.13. The Balaban J connectivity index is 2.40. The summed E-state index contributed by atoms with van der Waals surface area (Å²) in [5, 5.41) is 0. The van der Waals surface area contributed by atoms with Crippen molar-refractivity contribution in [1.29, 1.82) is 0 Å². The van der Waals surface area contributed by atoms with Crippen molar-refractivity contribution in [2.75, 3.05) is 0 Å². The lowest BCUT2D eigenvalue weighted by molar-refractivity contribution is -0.118. The zero-order chi connectivity index (χ0) is 11.7. The summed E-state index contributed by atoms with van der Waals surface area (Å²) < 4.78 is 1.96. The first kappa shape index (κ1) is 10.7. The number of nitrogens with two attached hydrogens (primary N) is 1. The standard InChI is InChI=1S/C12H15N3O/c1-8-5-10-11(6-9(8)2)15(7-14-10)4-3-12(13)16/h5-7H,3-4H2,1-2H3,(H2,13,16). The molecule has 0 fully saturated rings. The number of aryl methyl sites for hydroxylation is 3. The quantitative estimate of drug-likeness (QED) is 0.847. The van der Waals surface area contributed by atoms with Crippen molar-refractivity contribution < 1.29 is 4.79 Å². The van der Waals surface area contributed by atoms with Gasteiger partial charge in [0.1, 0.15) is 0 Å². The van der Waals surface area contributed by atoms with Crippen molar-refractivity contribution in [3.63, 3.8) is 0 Å². The van der Waals surface area contributed by atoms with Gasteiger partial charge >= 0.3 is 0 Å². The molecule has 0 saturated heterocycles. The first-order valence-electron chi connectivity index (χ1n) is 5.28. The van der Waals surface area contributed by atoms with Gasteiger partial charge in [-0.25, -0.2) is 4.98 Å². The van der Waals surface area contributed by atoms with Gasteiger partial charge in [-0.1, -0.05) is 0 Å². The number of hydrogen-bond acceptors (Lipinski definition) is 2. The van der Waals surface area contributed by atoms with Crippen LogP contribution in [-0.2, 0) is 11.3 Å². The Kier molecular flexibility index (Phi) is 2.64. The highest BCUT2D eigenvalue weighted by atomic mass is 16.1.